The summed E-state index contributed by atoms with van der Waals surface area (Å²) in [6.45, 7) is 5.13. The first kappa shape index (κ1) is 13.4. The molecule has 0 fully saturated rings. The Morgan fingerprint density at radius 1 is 1.65 bits per heavy atom. The van der Waals surface area contributed by atoms with Gasteiger partial charge in [-0.1, -0.05) is 11.6 Å². The number of rotatable bonds is 4. The van der Waals surface area contributed by atoms with Gasteiger partial charge in [-0.3, -0.25) is 4.79 Å². The minimum atomic E-state index is -0.674. The predicted octanol–water partition coefficient (Wildman–Crippen LogP) is 1.28. The Hall–Kier alpha value is -1.63. The van der Waals surface area contributed by atoms with E-state index in [-0.39, 0.29) is 23.5 Å². The van der Waals surface area contributed by atoms with Gasteiger partial charge in [0.15, 0.2) is 5.02 Å². The van der Waals surface area contributed by atoms with Crippen LogP contribution in [0.1, 0.15) is 19.5 Å². The first-order valence-electron chi connectivity index (χ1n) is 4.99. The highest BCUT2D eigenvalue weighted by Gasteiger charge is 2.24. The van der Waals surface area contributed by atoms with E-state index >= 15 is 0 Å². The van der Waals surface area contributed by atoms with Crippen LogP contribution in [0.15, 0.2) is 0 Å². The molecule has 0 spiro atoms. The van der Waals surface area contributed by atoms with Gasteiger partial charge < -0.3 is 15.4 Å². The summed E-state index contributed by atoms with van der Waals surface area (Å²) in [5.74, 6) is -0.696. The van der Waals surface area contributed by atoms with Gasteiger partial charge in [-0.25, -0.2) is 0 Å². The fraction of sp³-hybridized carbons (Fsp3) is 0.556. The quantitative estimate of drug-likeness (QED) is 0.652. The minimum Gasteiger partial charge on any atom is -0.358 e. The van der Waals surface area contributed by atoms with E-state index in [2.05, 4.69) is 10.4 Å². The molecule has 0 atom stereocenters. The predicted molar refractivity (Wildman–Crippen MR) is 61.9 cm³/mol. The van der Waals surface area contributed by atoms with Gasteiger partial charge in [-0.05, 0) is 25.7 Å². The number of hydrogen-bond donors (Lipinski definition) is 1. The largest absolute Gasteiger partial charge is 0.408 e. The molecule has 1 heterocycles. The second-order valence-corrected chi connectivity index (χ2v) is 4.24. The third-order valence-electron chi connectivity index (χ3n) is 2.03. The van der Waals surface area contributed by atoms with Crippen LogP contribution in [0.25, 0.3) is 0 Å². The average Bonchev–Trinajstić information content (AvgIpc) is 2.45. The molecular formula is C9H13ClN4O3. The zero-order valence-electron chi connectivity index (χ0n) is 9.73. The topological polar surface area (TPSA) is 90.1 Å². The fourth-order valence-electron chi connectivity index (χ4n) is 1.28. The Kier molecular flexibility index (Phi) is 4.06. The molecular weight excluding hydrogens is 248 g/mol. The van der Waals surface area contributed by atoms with Crippen molar-refractivity contribution in [3.8, 4) is 0 Å². The van der Waals surface area contributed by atoms with Crippen LogP contribution in [0.3, 0.4) is 0 Å². The van der Waals surface area contributed by atoms with Crippen LogP contribution in [0.5, 0.6) is 0 Å². The first-order chi connectivity index (χ1) is 7.82. The Balaban J connectivity index is 2.89. The zero-order valence-corrected chi connectivity index (χ0v) is 10.5. The van der Waals surface area contributed by atoms with Crippen LogP contribution >= 0.6 is 11.6 Å². The van der Waals surface area contributed by atoms with Crippen LogP contribution in [0, 0.1) is 17.0 Å². The first-order valence-corrected chi connectivity index (χ1v) is 5.37. The lowest BCUT2D eigenvalue weighted by Crippen LogP contribution is -2.33. The maximum absolute atomic E-state index is 11.5. The van der Waals surface area contributed by atoms with Crippen LogP contribution in [-0.4, -0.2) is 26.7 Å². The third-order valence-corrected chi connectivity index (χ3v) is 2.48. The van der Waals surface area contributed by atoms with E-state index in [1.807, 2.05) is 13.8 Å². The van der Waals surface area contributed by atoms with E-state index < -0.39 is 10.7 Å². The zero-order chi connectivity index (χ0) is 13.2. The molecule has 0 saturated carbocycles. The van der Waals surface area contributed by atoms with Crippen LogP contribution in [0.2, 0.25) is 5.02 Å². The summed E-state index contributed by atoms with van der Waals surface area (Å²) in [6.07, 6.45) is 0. The number of nitrogens with one attached hydrogen (secondary N) is 1. The summed E-state index contributed by atoms with van der Waals surface area (Å²) in [5.41, 5.74) is 0.400. The van der Waals surface area contributed by atoms with Crippen molar-refractivity contribution < 1.29 is 9.72 Å². The van der Waals surface area contributed by atoms with Crippen molar-refractivity contribution in [3.63, 3.8) is 0 Å². The van der Waals surface area contributed by atoms with Gasteiger partial charge in [0, 0.05) is 6.04 Å². The number of aromatic nitrogens is 2. The van der Waals surface area contributed by atoms with Gasteiger partial charge in [0.05, 0.1) is 10.8 Å². The number of carbonyl (C=O) groups is 1. The van der Waals surface area contributed by atoms with Crippen molar-refractivity contribution >= 4 is 23.3 Å². The van der Waals surface area contributed by atoms with Crippen molar-refractivity contribution in [2.75, 3.05) is 0 Å². The second-order valence-electron chi connectivity index (χ2n) is 3.86. The van der Waals surface area contributed by atoms with Gasteiger partial charge in [0.1, 0.15) is 6.54 Å². The van der Waals surface area contributed by atoms with Crippen molar-refractivity contribution in [1.82, 2.24) is 15.1 Å². The molecule has 1 aromatic heterocycles. The molecule has 0 bridgehead atoms. The standard InChI is InChI=1S/C9H13ClN4O3/c1-5(2)11-7(15)4-13-6(3)8(10)9(12-13)14(16)17/h5H,4H2,1-3H3,(H,11,15). The van der Waals surface area contributed by atoms with Gasteiger partial charge in [-0.15, -0.1) is 0 Å². The lowest BCUT2D eigenvalue weighted by atomic mass is 10.4. The maximum Gasteiger partial charge on any atom is 0.408 e. The molecule has 94 valence electrons. The smallest absolute Gasteiger partial charge is 0.358 e. The molecule has 0 aliphatic heterocycles. The number of hydrogen-bond acceptors (Lipinski definition) is 4. The van der Waals surface area contributed by atoms with Gasteiger partial charge >= 0.3 is 5.82 Å². The van der Waals surface area contributed by atoms with Gasteiger partial charge in [0.25, 0.3) is 0 Å². The van der Waals surface area contributed by atoms with E-state index in [0.29, 0.717) is 5.69 Å². The molecule has 0 aromatic carbocycles. The normalized spacial score (nSPS) is 10.6. The Morgan fingerprint density at radius 3 is 2.65 bits per heavy atom. The molecule has 7 nitrogen and oxygen atoms in total. The van der Waals surface area contributed by atoms with Crippen LogP contribution < -0.4 is 5.32 Å². The Labute approximate surface area is 103 Å². The summed E-state index contributed by atoms with van der Waals surface area (Å²) in [7, 11) is 0. The fourth-order valence-corrected chi connectivity index (χ4v) is 1.49. The van der Waals surface area contributed by atoms with Crippen molar-refractivity contribution in [3.05, 3.63) is 20.8 Å². The van der Waals surface area contributed by atoms with E-state index in [9.17, 15) is 14.9 Å². The summed E-state index contributed by atoms with van der Waals surface area (Å²) in [5, 5.41) is 16.9. The number of halogens is 1. The van der Waals surface area contributed by atoms with E-state index in [0.717, 1.165) is 0 Å². The average molecular weight is 261 g/mol. The van der Waals surface area contributed by atoms with E-state index in [1.165, 1.54) is 4.68 Å². The number of nitro groups is 1. The molecule has 0 aliphatic rings. The summed E-state index contributed by atoms with van der Waals surface area (Å²) in [6, 6.07) is 0.00354. The van der Waals surface area contributed by atoms with Crippen molar-refractivity contribution in [2.45, 2.75) is 33.4 Å². The van der Waals surface area contributed by atoms with E-state index in [4.69, 9.17) is 11.6 Å². The molecule has 0 aliphatic carbocycles. The molecule has 0 radical (unpaired) electrons. The highest BCUT2D eigenvalue weighted by Crippen LogP contribution is 2.26. The summed E-state index contributed by atoms with van der Waals surface area (Å²) >= 11 is 5.74. The summed E-state index contributed by atoms with van der Waals surface area (Å²) in [4.78, 5) is 21.4. The lowest BCUT2D eigenvalue weighted by molar-refractivity contribution is -0.389. The number of carbonyl (C=O) groups excluding carboxylic acids is 1. The molecule has 1 rings (SSSR count). The molecule has 17 heavy (non-hydrogen) atoms. The molecule has 8 heteroatoms. The van der Waals surface area contributed by atoms with Crippen LogP contribution in [0.4, 0.5) is 5.82 Å². The molecule has 0 unspecified atom stereocenters. The van der Waals surface area contributed by atoms with Crippen molar-refractivity contribution in [2.24, 2.45) is 0 Å². The van der Waals surface area contributed by atoms with Gasteiger partial charge in [0.2, 0.25) is 5.91 Å². The minimum absolute atomic E-state index is 0.00354. The molecule has 1 amide bonds. The monoisotopic (exact) mass is 260 g/mol. The summed E-state index contributed by atoms with van der Waals surface area (Å²) < 4.78 is 1.22. The highest BCUT2D eigenvalue weighted by molar-refractivity contribution is 6.33. The molecule has 1 N–H and O–H groups in total. The lowest BCUT2D eigenvalue weighted by Gasteiger charge is -2.07. The maximum atomic E-state index is 11.5. The highest BCUT2D eigenvalue weighted by atomic mass is 35.5. The van der Waals surface area contributed by atoms with E-state index in [1.54, 1.807) is 6.92 Å². The Bertz CT molecular complexity index is 455. The Morgan fingerprint density at radius 2 is 2.24 bits per heavy atom. The van der Waals surface area contributed by atoms with Crippen LogP contribution in [-0.2, 0) is 11.3 Å². The second kappa shape index (κ2) is 5.13. The third kappa shape index (κ3) is 3.16. The number of nitrogens with zero attached hydrogens (tertiary/aromatic N) is 3. The molecule has 1 aromatic rings. The number of amides is 1. The SMILES string of the molecule is Cc1c(Cl)c([N+](=O)[O-])nn1CC(=O)NC(C)C. The molecule has 0 saturated heterocycles. The van der Waals surface area contributed by atoms with Gasteiger partial charge in [-0.2, -0.15) is 4.68 Å². The van der Waals surface area contributed by atoms with Crippen molar-refractivity contribution in [1.29, 1.82) is 0 Å².